The van der Waals surface area contributed by atoms with E-state index in [2.05, 4.69) is 20.7 Å². The topological polar surface area (TPSA) is 49.4 Å². The van der Waals surface area contributed by atoms with Crippen molar-refractivity contribution >= 4 is 26.1 Å². The van der Waals surface area contributed by atoms with Crippen LogP contribution in [0.25, 0.3) is 0 Å². The number of benzene rings is 1. The third-order valence-corrected chi connectivity index (χ3v) is 5.65. The second-order valence-electron chi connectivity index (χ2n) is 5.13. The van der Waals surface area contributed by atoms with E-state index in [0.29, 0.717) is 5.92 Å². The van der Waals surface area contributed by atoms with Crippen LogP contribution in [0.1, 0.15) is 30.9 Å². The Morgan fingerprint density at radius 2 is 1.84 bits per heavy atom. The van der Waals surface area contributed by atoms with Gasteiger partial charge in [-0.3, -0.25) is 0 Å². The molecular weight excluding hydrogens is 328 g/mol. The molecule has 0 unspecified atom stereocenters. The van der Waals surface area contributed by atoms with Gasteiger partial charge in [0.25, 0.3) is 10.2 Å². The lowest BCUT2D eigenvalue weighted by Crippen LogP contribution is -2.42. The van der Waals surface area contributed by atoms with Crippen LogP contribution in [0.4, 0.5) is 0 Å². The molecule has 1 aliphatic rings. The van der Waals surface area contributed by atoms with E-state index in [-0.39, 0.29) is 6.04 Å². The summed E-state index contributed by atoms with van der Waals surface area (Å²) in [5, 5.41) is 0. The second kappa shape index (κ2) is 5.91. The van der Waals surface area contributed by atoms with Gasteiger partial charge in [-0.25, -0.2) is 0 Å². The predicted molar refractivity (Wildman–Crippen MR) is 80.0 cm³/mol. The van der Waals surface area contributed by atoms with Crippen molar-refractivity contribution in [3.8, 4) is 0 Å². The minimum absolute atomic E-state index is 0.130. The van der Waals surface area contributed by atoms with E-state index in [1.54, 1.807) is 14.1 Å². The third kappa shape index (κ3) is 3.56. The first kappa shape index (κ1) is 15.0. The van der Waals surface area contributed by atoms with Crippen LogP contribution in [0.3, 0.4) is 0 Å². The third-order valence-electron chi connectivity index (χ3n) is 3.61. The summed E-state index contributed by atoms with van der Waals surface area (Å²) in [4.78, 5) is 0. The molecule has 19 heavy (non-hydrogen) atoms. The van der Waals surface area contributed by atoms with Crippen molar-refractivity contribution in [2.24, 2.45) is 5.92 Å². The van der Waals surface area contributed by atoms with Gasteiger partial charge in [-0.15, -0.1) is 0 Å². The molecule has 1 aromatic carbocycles. The fraction of sp³-hybridized carbons (Fsp3) is 0.538. The second-order valence-corrected chi connectivity index (χ2v) is 7.96. The molecule has 1 atom stereocenters. The zero-order valence-corrected chi connectivity index (χ0v) is 13.5. The SMILES string of the molecule is CN(C)S(=O)(=O)N[C@@H](c1ccc(Br)cc1)C1CCC1. The van der Waals surface area contributed by atoms with Crippen LogP contribution in [-0.4, -0.2) is 26.8 Å². The van der Waals surface area contributed by atoms with Crippen LogP contribution in [0.5, 0.6) is 0 Å². The lowest BCUT2D eigenvalue weighted by molar-refractivity contribution is 0.249. The van der Waals surface area contributed by atoms with Crippen LogP contribution in [0, 0.1) is 5.92 Å². The molecule has 0 heterocycles. The summed E-state index contributed by atoms with van der Waals surface area (Å²) in [6.07, 6.45) is 3.34. The van der Waals surface area contributed by atoms with Crippen LogP contribution in [-0.2, 0) is 10.2 Å². The van der Waals surface area contributed by atoms with Gasteiger partial charge in [-0.1, -0.05) is 34.5 Å². The Morgan fingerprint density at radius 3 is 2.26 bits per heavy atom. The van der Waals surface area contributed by atoms with E-state index >= 15 is 0 Å². The molecule has 1 N–H and O–H groups in total. The molecule has 1 saturated carbocycles. The Morgan fingerprint density at radius 1 is 1.26 bits per heavy atom. The van der Waals surface area contributed by atoms with Gasteiger partial charge in [0, 0.05) is 18.6 Å². The average molecular weight is 347 g/mol. The molecule has 0 amide bonds. The van der Waals surface area contributed by atoms with Crippen molar-refractivity contribution < 1.29 is 8.42 Å². The molecule has 0 bridgehead atoms. The zero-order chi connectivity index (χ0) is 14.0. The molecule has 2 rings (SSSR count). The van der Waals surface area contributed by atoms with Crippen molar-refractivity contribution in [2.45, 2.75) is 25.3 Å². The van der Waals surface area contributed by atoms with Crippen LogP contribution >= 0.6 is 15.9 Å². The van der Waals surface area contributed by atoms with Gasteiger partial charge in [-0.2, -0.15) is 17.4 Å². The number of nitrogens with one attached hydrogen (secondary N) is 1. The summed E-state index contributed by atoms with van der Waals surface area (Å²) in [5.41, 5.74) is 1.03. The lowest BCUT2D eigenvalue weighted by atomic mass is 9.77. The Kier molecular flexibility index (Phi) is 4.66. The Labute approximate surface area is 123 Å². The molecule has 0 saturated heterocycles. The minimum Gasteiger partial charge on any atom is -0.195 e. The maximum Gasteiger partial charge on any atom is 0.279 e. The monoisotopic (exact) mass is 346 g/mol. The number of hydrogen-bond acceptors (Lipinski definition) is 2. The van der Waals surface area contributed by atoms with Gasteiger partial charge in [0.05, 0.1) is 6.04 Å². The van der Waals surface area contributed by atoms with Crippen LogP contribution in [0.2, 0.25) is 0 Å². The van der Waals surface area contributed by atoms with E-state index in [0.717, 1.165) is 22.9 Å². The van der Waals surface area contributed by atoms with Crippen molar-refractivity contribution in [3.05, 3.63) is 34.3 Å². The molecule has 4 nitrogen and oxygen atoms in total. The average Bonchev–Trinajstić information content (AvgIpc) is 2.26. The van der Waals surface area contributed by atoms with E-state index in [4.69, 9.17) is 0 Å². The van der Waals surface area contributed by atoms with Gasteiger partial charge in [-0.05, 0) is 36.5 Å². The highest BCUT2D eigenvalue weighted by Gasteiger charge is 2.32. The molecule has 0 aromatic heterocycles. The van der Waals surface area contributed by atoms with E-state index in [9.17, 15) is 8.42 Å². The lowest BCUT2D eigenvalue weighted by Gasteiger charge is -2.35. The summed E-state index contributed by atoms with van der Waals surface area (Å²) in [6.45, 7) is 0. The minimum atomic E-state index is -3.41. The molecule has 6 heteroatoms. The first-order valence-corrected chi connectivity index (χ1v) is 8.59. The molecule has 106 valence electrons. The summed E-state index contributed by atoms with van der Waals surface area (Å²) in [7, 11) is -0.318. The molecule has 1 aliphatic carbocycles. The van der Waals surface area contributed by atoms with Crippen molar-refractivity contribution in [2.75, 3.05) is 14.1 Å². The Bertz CT molecular complexity index is 524. The van der Waals surface area contributed by atoms with Crippen molar-refractivity contribution in [1.82, 2.24) is 9.03 Å². The Balaban J connectivity index is 2.24. The summed E-state index contributed by atoms with van der Waals surface area (Å²) in [5.74, 6) is 0.399. The predicted octanol–water partition coefficient (Wildman–Crippen LogP) is 2.69. The largest absolute Gasteiger partial charge is 0.279 e. The first-order valence-electron chi connectivity index (χ1n) is 6.35. The van der Waals surface area contributed by atoms with Gasteiger partial charge in [0.15, 0.2) is 0 Å². The summed E-state index contributed by atoms with van der Waals surface area (Å²) in [6, 6.07) is 7.72. The van der Waals surface area contributed by atoms with Crippen molar-refractivity contribution in [3.63, 3.8) is 0 Å². The standard InChI is InChI=1S/C13H19BrN2O2S/c1-16(2)19(17,18)15-13(10-4-3-5-10)11-6-8-12(14)9-7-11/h6-10,13,15H,3-5H2,1-2H3/t13-/m1/s1. The maximum atomic E-state index is 12.0. The fourth-order valence-electron chi connectivity index (χ4n) is 2.15. The zero-order valence-electron chi connectivity index (χ0n) is 11.1. The number of hydrogen-bond donors (Lipinski definition) is 1. The number of halogens is 1. The van der Waals surface area contributed by atoms with E-state index in [1.165, 1.54) is 10.7 Å². The quantitative estimate of drug-likeness (QED) is 0.890. The maximum absolute atomic E-state index is 12.0. The van der Waals surface area contributed by atoms with Gasteiger partial charge in [0.1, 0.15) is 0 Å². The number of nitrogens with zero attached hydrogens (tertiary/aromatic N) is 1. The first-order chi connectivity index (χ1) is 8.90. The van der Waals surface area contributed by atoms with Gasteiger partial charge in [0.2, 0.25) is 0 Å². The van der Waals surface area contributed by atoms with E-state index in [1.807, 2.05) is 24.3 Å². The van der Waals surface area contributed by atoms with E-state index < -0.39 is 10.2 Å². The van der Waals surface area contributed by atoms with Crippen LogP contribution in [0.15, 0.2) is 28.7 Å². The van der Waals surface area contributed by atoms with Gasteiger partial charge < -0.3 is 0 Å². The molecule has 1 aromatic rings. The van der Waals surface area contributed by atoms with Crippen molar-refractivity contribution in [1.29, 1.82) is 0 Å². The highest BCUT2D eigenvalue weighted by Crippen LogP contribution is 2.38. The molecule has 1 fully saturated rings. The fourth-order valence-corrected chi connectivity index (χ4v) is 3.27. The molecule has 0 aliphatic heterocycles. The van der Waals surface area contributed by atoms with Crippen LogP contribution < -0.4 is 4.72 Å². The molecular formula is C13H19BrN2O2S. The summed E-state index contributed by atoms with van der Waals surface area (Å²) >= 11 is 3.40. The molecule has 0 spiro atoms. The summed E-state index contributed by atoms with van der Waals surface area (Å²) < 4.78 is 29.1. The normalized spacial score (nSPS) is 18.3. The smallest absolute Gasteiger partial charge is 0.195 e. The highest BCUT2D eigenvalue weighted by molar-refractivity contribution is 9.10. The molecule has 0 radical (unpaired) electrons. The number of rotatable bonds is 5. The highest BCUT2D eigenvalue weighted by atomic mass is 79.9. The Hall–Kier alpha value is -0.430. The van der Waals surface area contributed by atoms with Gasteiger partial charge >= 0.3 is 0 Å².